The van der Waals surface area contributed by atoms with E-state index in [-0.39, 0.29) is 0 Å². The average molecular weight is 579 g/mol. The van der Waals surface area contributed by atoms with Crippen LogP contribution in [0.25, 0.3) is 55.3 Å². The predicted octanol–water partition coefficient (Wildman–Crippen LogP) is 10.9. The van der Waals surface area contributed by atoms with E-state index in [0.29, 0.717) is 0 Å². The minimum absolute atomic E-state index is 0.961. The van der Waals surface area contributed by atoms with Crippen molar-refractivity contribution in [2.24, 2.45) is 0 Å². The summed E-state index contributed by atoms with van der Waals surface area (Å²) in [4.78, 5) is 7.85. The van der Waals surface area contributed by atoms with E-state index in [4.69, 9.17) is 4.98 Å². The van der Waals surface area contributed by atoms with Crippen molar-refractivity contribution in [1.29, 1.82) is 0 Å². The van der Waals surface area contributed by atoms with E-state index < -0.39 is 0 Å². The normalized spacial score (nSPS) is 13.2. The molecular formula is C41H30N4. The molecule has 3 aromatic heterocycles. The fourth-order valence-electron chi connectivity index (χ4n) is 6.95. The molecule has 0 aliphatic heterocycles. The molecule has 9 rings (SSSR count). The lowest BCUT2D eigenvalue weighted by atomic mass is 10.1. The molecular weight excluding hydrogens is 548 g/mol. The first-order valence-electron chi connectivity index (χ1n) is 15.6. The van der Waals surface area contributed by atoms with Gasteiger partial charge in [-0.05, 0) is 79.6 Å². The molecule has 0 radical (unpaired) electrons. The molecule has 214 valence electrons. The van der Waals surface area contributed by atoms with Gasteiger partial charge in [0.1, 0.15) is 11.3 Å². The minimum atomic E-state index is 0.961. The summed E-state index contributed by atoms with van der Waals surface area (Å²) in [5.74, 6) is 0. The van der Waals surface area contributed by atoms with Crippen molar-refractivity contribution in [2.45, 2.75) is 12.8 Å². The van der Waals surface area contributed by atoms with Crippen molar-refractivity contribution in [3.63, 3.8) is 0 Å². The van der Waals surface area contributed by atoms with Crippen molar-refractivity contribution in [3.05, 3.63) is 158 Å². The molecule has 0 spiro atoms. The summed E-state index contributed by atoms with van der Waals surface area (Å²) in [5, 5.41) is 4.78. The van der Waals surface area contributed by atoms with Crippen LogP contribution in [0.15, 0.2) is 158 Å². The summed E-state index contributed by atoms with van der Waals surface area (Å²) in [6.45, 7) is 0. The van der Waals surface area contributed by atoms with Gasteiger partial charge < -0.3 is 4.90 Å². The number of pyridine rings is 1. The summed E-state index contributed by atoms with van der Waals surface area (Å²) in [7, 11) is 0. The molecule has 5 aromatic carbocycles. The van der Waals surface area contributed by atoms with Gasteiger partial charge in [0.2, 0.25) is 0 Å². The smallest absolute Gasteiger partial charge is 0.148 e. The maximum Gasteiger partial charge on any atom is 0.148 e. The Balaban J connectivity index is 1.33. The lowest BCUT2D eigenvalue weighted by molar-refractivity contribution is 0.971. The first-order valence-corrected chi connectivity index (χ1v) is 15.6. The number of hydrogen-bond donors (Lipinski definition) is 0. The number of para-hydroxylation sites is 4. The summed E-state index contributed by atoms with van der Waals surface area (Å²) in [6, 6.07) is 49.7. The lowest BCUT2D eigenvalue weighted by Gasteiger charge is -2.26. The van der Waals surface area contributed by atoms with Crippen LogP contribution in [0.1, 0.15) is 12.8 Å². The van der Waals surface area contributed by atoms with Crippen LogP contribution in [0.2, 0.25) is 0 Å². The zero-order valence-electron chi connectivity index (χ0n) is 24.7. The third-order valence-corrected chi connectivity index (χ3v) is 8.93. The Kier molecular flexibility index (Phi) is 5.91. The molecule has 0 saturated carbocycles. The molecule has 4 heteroatoms. The molecule has 0 N–H and O–H groups in total. The monoisotopic (exact) mass is 578 g/mol. The van der Waals surface area contributed by atoms with Gasteiger partial charge >= 0.3 is 0 Å². The SMILES string of the molecule is C1=CCCC(n2c3ccccc3c3cc4c5ccccc5n(-c5cccc(N(c6ccccc6)c6ccccc6)c5)c4nc32)=C1. The van der Waals surface area contributed by atoms with Crippen molar-refractivity contribution in [1.82, 2.24) is 14.1 Å². The van der Waals surface area contributed by atoms with Crippen LogP contribution in [-0.4, -0.2) is 14.1 Å². The van der Waals surface area contributed by atoms with Gasteiger partial charge in [0.25, 0.3) is 0 Å². The van der Waals surface area contributed by atoms with Crippen molar-refractivity contribution in [3.8, 4) is 5.69 Å². The Labute approximate surface area is 261 Å². The number of benzene rings is 5. The molecule has 4 nitrogen and oxygen atoms in total. The Hall–Kier alpha value is -5.87. The van der Waals surface area contributed by atoms with E-state index >= 15 is 0 Å². The highest BCUT2D eigenvalue weighted by Gasteiger charge is 2.21. The molecule has 0 saturated heterocycles. The number of nitrogens with zero attached hydrogens (tertiary/aromatic N) is 4. The van der Waals surface area contributed by atoms with Crippen LogP contribution >= 0.6 is 0 Å². The predicted molar refractivity (Wildman–Crippen MR) is 189 cm³/mol. The van der Waals surface area contributed by atoms with Crippen LogP contribution in [0.4, 0.5) is 17.1 Å². The third kappa shape index (κ3) is 4.10. The summed E-state index contributed by atoms with van der Waals surface area (Å²) in [6.07, 6.45) is 8.67. The zero-order valence-corrected chi connectivity index (χ0v) is 24.7. The zero-order chi connectivity index (χ0) is 29.7. The van der Waals surface area contributed by atoms with Gasteiger partial charge in [0.15, 0.2) is 0 Å². The van der Waals surface area contributed by atoms with Gasteiger partial charge in [0, 0.05) is 50.0 Å². The Morgan fingerprint density at radius 3 is 1.73 bits per heavy atom. The highest BCUT2D eigenvalue weighted by Crippen LogP contribution is 2.40. The molecule has 3 heterocycles. The molecule has 0 atom stereocenters. The van der Waals surface area contributed by atoms with Gasteiger partial charge in [0.05, 0.1) is 11.0 Å². The van der Waals surface area contributed by atoms with Crippen LogP contribution in [0.3, 0.4) is 0 Å². The van der Waals surface area contributed by atoms with Crippen LogP contribution in [-0.2, 0) is 0 Å². The van der Waals surface area contributed by atoms with E-state index in [1.165, 1.54) is 27.4 Å². The van der Waals surface area contributed by atoms with Crippen molar-refractivity contribution in [2.75, 3.05) is 4.90 Å². The van der Waals surface area contributed by atoms with Gasteiger partial charge in [-0.1, -0.05) is 91.0 Å². The van der Waals surface area contributed by atoms with Crippen molar-refractivity contribution >= 4 is 66.6 Å². The second kappa shape index (κ2) is 10.4. The Bertz CT molecular complexity index is 2390. The van der Waals surface area contributed by atoms with Crippen LogP contribution < -0.4 is 4.90 Å². The molecule has 0 fully saturated rings. The summed E-state index contributed by atoms with van der Waals surface area (Å²) < 4.78 is 4.71. The average Bonchev–Trinajstić information content (AvgIpc) is 3.61. The molecule has 1 aliphatic carbocycles. The fraction of sp³-hybridized carbons (Fsp3) is 0.0488. The van der Waals surface area contributed by atoms with Gasteiger partial charge in [-0.15, -0.1) is 0 Å². The summed E-state index contributed by atoms with van der Waals surface area (Å²) >= 11 is 0. The number of fused-ring (bicyclic) bond motifs is 6. The third-order valence-electron chi connectivity index (χ3n) is 8.93. The number of rotatable bonds is 5. The minimum Gasteiger partial charge on any atom is -0.310 e. The largest absolute Gasteiger partial charge is 0.310 e. The highest BCUT2D eigenvalue weighted by molar-refractivity contribution is 6.17. The molecule has 8 aromatic rings. The number of allylic oxidation sites excluding steroid dienone is 4. The highest BCUT2D eigenvalue weighted by atomic mass is 15.2. The van der Waals surface area contributed by atoms with Gasteiger partial charge in [-0.25, -0.2) is 4.98 Å². The number of hydrogen-bond acceptors (Lipinski definition) is 2. The van der Waals surface area contributed by atoms with Crippen LogP contribution in [0, 0.1) is 0 Å². The molecule has 0 unspecified atom stereocenters. The van der Waals surface area contributed by atoms with E-state index in [1.807, 2.05) is 0 Å². The van der Waals surface area contributed by atoms with E-state index in [9.17, 15) is 0 Å². The van der Waals surface area contributed by atoms with Gasteiger partial charge in [-0.3, -0.25) is 9.13 Å². The first-order chi connectivity index (χ1) is 22.3. The van der Waals surface area contributed by atoms with E-state index in [2.05, 4.69) is 172 Å². The second-order valence-electron chi connectivity index (χ2n) is 11.6. The molecule has 45 heavy (non-hydrogen) atoms. The van der Waals surface area contributed by atoms with E-state index in [0.717, 1.165) is 57.8 Å². The summed E-state index contributed by atoms with van der Waals surface area (Å²) in [5.41, 5.74) is 9.98. The quantitative estimate of drug-likeness (QED) is 0.203. The van der Waals surface area contributed by atoms with Crippen LogP contribution in [0.5, 0.6) is 0 Å². The molecule has 1 aliphatic rings. The maximum atomic E-state index is 5.54. The van der Waals surface area contributed by atoms with E-state index in [1.54, 1.807) is 0 Å². The first kappa shape index (κ1) is 25.6. The maximum absolute atomic E-state index is 5.54. The Morgan fingerprint density at radius 1 is 0.511 bits per heavy atom. The number of anilines is 3. The van der Waals surface area contributed by atoms with Crippen molar-refractivity contribution < 1.29 is 0 Å². The standard InChI is InChI=1S/C41H30N4/c1-4-15-29(16-5-1)43(30-17-6-2-7-18-30)32-21-14-22-33(27-32)45-39-26-13-11-24-35(39)37-28-36-34-23-10-12-25-38(34)44(40(36)42-41(37)45)31-19-8-3-9-20-31/h1-8,10-19,21-28H,9,20H2. The molecule has 0 amide bonds. The van der Waals surface area contributed by atoms with Gasteiger partial charge in [-0.2, -0.15) is 0 Å². The topological polar surface area (TPSA) is 26.0 Å². The number of aromatic nitrogens is 3. The Morgan fingerprint density at radius 2 is 1.09 bits per heavy atom. The molecule has 0 bridgehead atoms. The second-order valence-corrected chi connectivity index (χ2v) is 11.6. The fourth-order valence-corrected chi connectivity index (χ4v) is 6.95. The lowest BCUT2D eigenvalue weighted by Crippen LogP contribution is -2.10.